The minimum Gasteiger partial charge on any atom is -0.507 e. The molecule has 1 N–H and O–H groups in total. The first kappa shape index (κ1) is 13.6. The third-order valence-electron chi connectivity index (χ3n) is 3.88. The number of aryl methyl sites for hydroxylation is 3. The first-order chi connectivity index (χ1) is 9.97. The van der Waals surface area contributed by atoms with E-state index in [0.717, 1.165) is 27.9 Å². The lowest BCUT2D eigenvalue weighted by Gasteiger charge is -2.18. The predicted molar refractivity (Wildman–Crippen MR) is 79.5 cm³/mol. The first-order valence-electron chi connectivity index (χ1n) is 6.95. The molecule has 2 aromatic rings. The van der Waals surface area contributed by atoms with Crippen LogP contribution in [0, 0.1) is 20.8 Å². The lowest BCUT2D eigenvalue weighted by atomic mass is 9.97. The number of phenols is 1. The van der Waals surface area contributed by atoms with Crippen LogP contribution in [0.3, 0.4) is 0 Å². The average molecular weight is 283 g/mol. The van der Waals surface area contributed by atoms with Gasteiger partial charge in [0.2, 0.25) is 0 Å². The van der Waals surface area contributed by atoms with E-state index in [2.05, 4.69) is 4.98 Å². The van der Waals surface area contributed by atoms with Gasteiger partial charge >= 0.3 is 5.97 Å². The molecule has 4 heteroatoms. The number of carbonyl (C=O) groups excluding carboxylic acids is 1. The summed E-state index contributed by atoms with van der Waals surface area (Å²) in [5, 5.41) is 9.88. The molecule has 108 valence electrons. The summed E-state index contributed by atoms with van der Waals surface area (Å²) in [6.07, 6.45) is 0.716. The van der Waals surface area contributed by atoms with Crippen molar-refractivity contribution in [1.29, 1.82) is 0 Å². The molecule has 21 heavy (non-hydrogen) atoms. The van der Waals surface area contributed by atoms with Crippen LogP contribution in [0.25, 0.3) is 11.3 Å². The summed E-state index contributed by atoms with van der Waals surface area (Å²) in [5.41, 5.74) is 5.69. The second-order valence-electron chi connectivity index (χ2n) is 5.47. The van der Waals surface area contributed by atoms with Gasteiger partial charge in [-0.15, -0.1) is 0 Å². The summed E-state index contributed by atoms with van der Waals surface area (Å²) in [7, 11) is 0. The molecule has 4 nitrogen and oxygen atoms in total. The zero-order valence-corrected chi connectivity index (χ0v) is 12.4. The van der Waals surface area contributed by atoms with Gasteiger partial charge in [0, 0.05) is 12.0 Å². The van der Waals surface area contributed by atoms with Gasteiger partial charge in [0.1, 0.15) is 5.75 Å². The molecule has 3 rings (SSSR count). The van der Waals surface area contributed by atoms with Crippen molar-refractivity contribution in [1.82, 2.24) is 4.98 Å². The number of carbonyl (C=O) groups is 1. The fourth-order valence-electron chi connectivity index (χ4n) is 2.79. The van der Waals surface area contributed by atoms with E-state index >= 15 is 0 Å². The zero-order valence-electron chi connectivity index (χ0n) is 12.4. The van der Waals surface area contributed by atoms with E-state index in [0.29, 0.717) is 30.0 Å². The Morgan fingerprint density at radius 2 is 1.81 bits per heavy atom. The molecule has 1 aromatic heterocycles. The maximum absolute atomic E-state index is 11.8. The van der Waals surface area contributed by atoms with Gasteiger partial charge in [-0.3, -0.25) is 4.98 Å². The molecule has 2 heterocycles. The number of aromatic nitrogens is 1. The Morgan fingerprint density at radius 3 is 2.48 bits per heavy atom. The number of rotatable bonds is 1. The van der Waals surface area contributed by atoms with Crippen molar-refractivity contribution in [2.24, 2.45) is 0 Å². The third kappa shape index (κ3) is 2.27. The Labute approximate surface area is 123 Å². The molecular formula is C17H17NO3. The van der Waals surface area contributed by atoms with Crippen molar-refractivity contribution >= 4 is 5.97 Å². The minimum atomic E-state index is -0.286. The lowest BCUT2D eigenvalue weighted by Crippen LogP contribution is -2.20. The average Bonchev–Trinajstić information content (AvgIpc) is 2.44. The molecule has 0 saturated heterocycles. The Morgan fingerprint density at radius 1 is 1.14 bits per heavy atom. The predicted octanol–water partition coefficient (Wildman–Crippen LogP) is 3.09. The molecule has 0 fully saturated rings. The molecule has 1 aliphatic heterocycles. The molecule has 1 aromatic carbocycles. The number of aromatic hydroxyl groups is 1. The van der Waals surface area contributed by atoms with Crippen LogP contribution in [-0.4, -0.2) is 22.7 Å². The van der Waals surface area contributed by atoms with Crippen LogP contribution >= 0.6 is 0 Å². The molecule has 1 aliphatic rings. The first-order valence-corrected chi connectivity index (χ1v) is 6.95. The van der Waals surface area contributed by atoms with E-state index < -0.39 is 0 Å². The van der Waals surface area contributed by atoms with Crippen LogP contribution in [-0.2, 0) is 11.2 Å². The highest BCUT2D eigenvalue weighted by Crippen LogP contribution is 2.30. The number of ether oxygens (including phenoxy) is 1. The summed E-state index contributed by atoms with van der Waals surface area (Å²) >= 11 is 0. The molecule has 0 amide bonds. The minimum absolute atomic E-state index is 0.286. The monoisotopic (exact) mass is 283 g/mol. The van der Waals surface area contributed by atoms with Crippen LogP contribution in [0.1, 0.15) is 32.7 Å². The molecule has 0 aliphatic carbocycles. The number of hydrogen-bond acceptors (Lipinski definition) is 4. The standard InChI is InChI=1S/C17H17NO3/c1-9-6-13(7-10(2)16(9)19)14-8-12-4-5-21-17(20)15(12)11(3)18-14/h6-8,19H,4-5H2,1-3H3. The Hall–Kier alpha value is -2.36. The normalized spacial score (nSPS) is 13.8. The van der Waals surface area contributed by atoms with Gasteiger partial charge in [0.05, 0.1) is 23.6 Å². The molecule has 0 spiro atoms. The van der Waals surface area contributed by atoms with Crippen molar-refractivity contribution < 1.29 is 14.6 Å². The fraction of sp³-hybridized carbons (Fsp3) is 0.294. The number of esters is 1. The van der Waals surface area contributed by atoms with E-state index in [1.54, 1.807) is 0 Å². The van der Waals surface area contributed by atoms with E-state index in [1.165, 1.54) is 0 Å². The Kier molecular flexibility index (Phi) is 3.16. The van der Waals surface area contributed by atoms with E-state index in [9.17, 15) is 9.90 Å². The molecule has 0 saturated carbocycles. The second-order valence-corrected chi connectivity index (χ2v) is 5.47. The van der Waals surface area contributed by atoms with Gasteiger partial charge in [0.15, 0.2) is 0 Å². The maximum Gasteiger partial charge on any atom is 0.340 e. The Balaban J connectivity index is 2.16. The molecule has 0 radical (unpaired) electrons. The van der Waals surface area contributed by atoms with Crippen LogP contribution < -0.4 is 0 Å². The quantitative estimate of drug-likeness (QED) is 0.817. The number of hydrogen-bond donors (Lipinski definition) is 1. The van der Waals surface area contributed by atoms with Gasteiger partial charge in [0.25, 0.3) is 0 Å². The lowest BCUT2D eigenvalue weighted by molar-refractivity contribution is 0.0478. The summed E-state index contributed by atoms with van der Waals surface area (Å²) in [4.78, 5) is 16.3. The summed E-state index contributed by atoms with van der Waals surface area (Å²) < 4.78 is 5.07. The van der Waals surface area contributed by atoms with Gasteiger partial charge in [-0.2, -0.15) is 0 Å². The third-order valence-corrected chi connectivity index (χ3v) is 3.88. The van der Waals surface area contributed by atoms with Crippen molar-refractivity contribution in [3.05, 3.63) is 46.1 Å². The molecule has 0 unspecified atom stereocenters. The highest BCUT2D eigenvalue weighted by Gasteiger charge is 2.23. The van der Waals surface area contributed by atoms with Crippen molar-refractivity contribution in [3.63, 3.8) is 0 Å². The molecule has 0 atom stereocenters. The number of phenolic OH excluding ortho intramolecular Hbond substituents is 1. The van der Waals surface area contributed by atoms with Crippen molar-refractivity contribution in [2.45, 2.75) is 27.2 Å². The maximum atomic E-state index is 11.8. The number of cyclic esters (lactones) is 1. The topological polar surface area (TPSA) is 59.4 Å². The van der Waals surface area contributed by atoms with Crippen LogP contribution in [0.15, 0.2) is 18.2 Å². The SMILES string of the molecule is Cc1cc(-c2cc3c(c(C)n2)C(=O)OCC3)cc(C)c1O. The van der Waals surface area contributed by atoms with E-state index in [4.69, 9.17) is 4.74 Å². The highest BCUT2D eigenvalue weighted by atomic mass is 16.5. The molecular weight excluding hydrogens is 266 g/mol. The van der Waals surface area contributed by atoms with E-state index in [-0.39, 0.29) is 5.97 Å². The van der Waals surface area contributed by atoms with Gasteiger partial charge in [-0.25, -0.2) is 4.79 Å². The zero-order chi connectivity index (χ0) is 15.1. The Bertz CT molecular complexity index is 727. The highest BCUT2D eigenvalue weighted by molar-refractivity contribution is 5.93. The number of fused-ring (bicyclic) bond motifs is 1. The number of pyridine rings is 1. The van der Waals surface area contributed by atoms with E-state index in [1.807, 2.05) is 39.0 Å². The van der Waals surface area contributed by atoms with Gasteiger partial charge < -0.3 is 9.84 Å². The van der Waals surface area contributed by atoms with Crippen LogP contribution in [0.5, 0.6) is 5.75 Å². The largest absolute Gasteiger partial charge is 0.507 e. The summed E-state index contributed by atoms with van der Waals surface area (Å²) in [5.74, 6) is 0.0304. The van der Waals surface area contributed by atoms with Gasteiger partial charge in [-0.05, 0) is 55.7 Å². The fourth-order valence-corrected chi connectivity index (χ4v) is 2.79. The number of nitrogens with zero attached hydrogens (tertiary/aromatic N) is 1. The smallest absolute Gasteiger partial charge is 0.340 e. The summed E-state index contributed by atoms with van der Waals surface area (Å²) in [6.45, 7) is 5.99. The van der Waals surface area contributed by atoms with Crippen LogP contribution in [0.4, 0.5) is 0 Å². The van der Waals surface area contributed by atoms with Gasteiger partial charge in [-0.1, -0.05) is 0 Å². The second kappa shape index (κ2) is 4.88. The van der Waals surface area contributed by atoms with Crippen molar-refractivity contribution in [3.8, 4) is 17.0 Å². The number of benzene rings is 1. The van der Waals surface area contributed by atoms with Crippen molar-refractivity contribution in [2.75, 3.05) is 6.61 Å². The van der Waals surface area contributed by atoms with Crippen LogP contribution in [0.2, 0.25) is 0 Å². The summed E-state index contributed by atoms with van der Waals surface area (Å²) in [6, 6.07) is 5.78. The molecule has 0 bridgehead atoms.